The standard InChI is InChI=1S/C80H121FN8O17S/c1-17-50(8)72(87(14)77(100)60(48(4)5)40-64(92)71(49(6)7)86(12)13)65(103-15)41-69(95)89-44-58(39-62(89)74(104-16)51(9)75(98)84-52(10)73(97)55-30-32-56(81)33-31-55)106-79(102)105-45-54-28-26-53(27-29-54)37-63(91)61(24-20-21-25-67(82)93)85-76(99)59(47(2)3)38-57(90)23-19-18-22-36-88-70(96)42-66(78(88)101)107-46-80(34-35-80)43-68(94)83-11/h26-33,47-52,58-62,65-66,71-72,74H,17-25,34-46H2,1-16H3,(H2,82,93)(H,83,94)(H,84,98)(H,85,99)/t50-,51+,52-,58-,59-,60-,61-,62-,65+,66?,71-,72-,74+/m0/s1. The van der Waals surface area contributed by atoms with Crippen LogP contribution in [-0.2, 0) is 84.7 Å². The van der Waals surface area contributed by atoms with E-state index in [1.807, 2.05) is 74.4 Å². The monoisotopic (exact) mass is 1520 g/mol. The van der Waals surface area contributed by atoms with Gasteiger partial charge in [0, 0.05) is 109 Å². The van der Waals surface area contributed by atoms with Gasteiger partial charge in [-0.3, -0.25) is 67.3 Å². The van der Waals surface area contributed by atoms with Gasteiger partial charge >= 0.3 is 6.16 Å². The SMILES string of the molecule is CC[C@H](C)[C@@H]([C@@H](CC(=O)N1C[C@@H](OC(=O)OCc2ccc(CC(=O)[C@H](CCCCC(N)=O)NC(=O)[C@@H](CC(=O)CCCCCN3C(=O)CC(SCC4(CC(=O)NC)CC4)C3=O)C(C)C)cc2)C[C@H]1[C@H](OC)[C@@H](C)C(=O)N[C@@H](C)C(=O)c1ccc(F)cc1)OC)N(C)C(=O)[C@@H](CC(=O)[C@H](C(C)C)N(C)C)C(C)C. The zero-order valence-corrected chi connectivity index (χ0v) is 66.8. The Bertz CT molecular complexity index is 3360. The molecule has 1 saturated carbocycles. The van der Waals surface area contributed by atoms with Gasteiger partial charge in [-0.1, -0.05) is 106 Å². The average molecular weight is 1520 g/mol. The number of thioether (sulfide) groups is 1. The Kier molecular flexibility index (Phi) is 36.3. The predicted molar refractivity (Wildman–Crippen MR) is 404 cm³/mol. The molecule has 0 aromatic heterocycles. The van der Waals surface area contributed by atoms with Crippen molar-refractivity contribution in [2.75, 3.05) is 61.3 Å². The third-order valence-electron chi connectivity index (χ3n) is 21.6. The van der Waals surface area contributed by atoms with Gasteiger partial charge in [-0.15, -0.1) is 11.8 Å². The number of likely N-dealkylation sites (tertiary alicyclic amines) is 2. The first-order valence-electron chi connectivity index (χ1n) is 38.1. The van der Waals surface area contributed by atoms with Crippen molar-refractivity contribution in [2.45, 2.75) is 245 Å². The summed E-state index contributed by atoms with van der Waals surface area (Å²) in [4.78, 5) is 183. The van der Waals surface area contributed by atoms with E-state index < -0.39 is 113 Å². The summed E-state index contributed by atoms with van der Waals surface area (Å²) in [5, 5.41) is 7.85. The van der Waals surface area contributed by atoms with Gasteiger partial charge in [0.2, 0.25) is 47.3 Å². The normalized spacial score (nSPS) is 19.1. The summed E-state index contributed by atoms with van der Waals surface area (Å²) >= 11 is 1.45. The lowest BCUT2D eigenvalue weighted by Gasteiger charge is -2.41. The van der Waals surface area contributed by atoms with E-state index in [0.717, 1.165) is 25.0 Å². The Morgan fingerprint density at radius 1 is 0.738 bits per heavy atom. The van der Waals surface area contributed by atoms with Crippen LogP contribution in [0.4, 0.5) is 9.18 Å². The molecule has 0 spiro atoms. The molecule has 0 bridgehead atoms. The van der Waals surface area contributed by atoms with E-state index in [-0.39, 0.29) is 153 Å². The number of unbranched alkanes of at least 4 members (excludes halogenated alkanes) is 3. The molecule has 1 unspecified atom stereocenters. The molecule has 2 aliphatic heterocycles. The number of primary amides is 1. The quantitative estimate of drug-likeness (QED) is 0.0208. The molecule has 25 nitrogen and oxygen atoms in total. The van der Waals surface area contributed by atoms with Crippen molar-refractivity contribution >= 4 is 88.3 Å². The van der Waals surface area contributed by atoms with Crippen molar-refractivity contribution in [1.82, 2.24) is 35.6 Å². The van der Waals surface area contributed by atoms with Gasteiger partial charge in [0.15, 0.2) is 17.3 Å². The van der Waals surface area contributed by atoms with Crippen molar-refractivity contribution < 1.29 is 85.7 Å². The lowest BCUT2D eigenvalue weighted by molar-refractivity contribution is -0.149. The van der Waals surface area contributed by atoms with Crippen molar-refractivity contribution in [3.63, 3.8) is 0 Å². The Hall–Kier alpha value is -7.49. The van der Waals surface area contributed by atoms with Crippen LogP contribution < -0.4 is 21.7 Å². The molecule has 5 rings (SSSR count). The number of nitrogens with zero attached hydrogens (tertiary/aromatic N) is 4. The van der Waals surface area contributed by atoms with Crippen LogP contribution in [0.3, 0.4) is 0 Å². The maximum Gasteiger partial charge on any atom is 0.508 e. The zero-order chi connectivity index (χ0) is 79.7. The molecule has 27 heteroatoms. The number of imide groups is 1. The fraction of sp³-hybridized carbons (Fsp3) is 0.688. The summed E-state index contributed by atoms with van der Waals surface area (Å²) < 4.78 is 37.5. The summed E-state index contributed by atoms with van der Waals surface area (Å²) in [7, 11) is 9.79. The van der Waals surface area contributed by atoms with Crippen molar-refractivity contribution in [2.24, 2.45) is 52.6 Å². The molecular weight excluding hydrogens is 1400 g/mol. The number of benzene rings is 2. The maximum atomic E-state index is 15.1. The van der Waals surface area contributed by atoms with Crippen LogP contribution in [-0.4, -0.2) is 211 Å². The highest BCUT2D eigenvalue weighted by Crippen LogP contribution is 2.52. The van der Waals surface area contributed by atoms with Crippen molar-refractivity contribution in [3.05, 3.63) is 71.0 Å². The van der Waals surface area contributed by atoms with E-state index in [9.17, 15) is 61.9 Å². The minimum Gasteiger partial charge on any atom is -0.429 e. The number of hydrogen-bond acceptors (Lipinski definition) is 19. The summed E-state index contributed by atoms with van der Waals surface area (Å²) in [6.45, 7) is 18.2. The minimum absolute atomic E-state index is 0.000169. The number of methoxy groups -OCH3 is 2. The number of nitrogens with two attached hydrogens (primary N) is 1. The second-order valence-electron chi connectivity index (χ2n) is 31.1. The number of ketones is 4. The fourth-order valence-electron chi connectivity index (χ4n) is 14.8. The number of amides is 8. The van der Waals surface area contributed by atoms with Crippen LogP contribution in [0.25, 0.3) is 0 Å². The van der Waals surface area contributed by atoms with Crippen LogP contribution in [0.15, 0.2) is 48.5 Å². The molecule has 2 heterocycles. The van der Waals surface area contributed by atoms with E-state index >= 15 is 4.79 Å². The number of halogens is 1. The topological polar surface area (TPSA) is 334 Å². The first-order valence-corrected chi connectivity index (χ1v) is 39.2. The number of carbonyl (C=O) groups is 13. The Balaban J connectivity index is 1.24. The summed E-state index contributed by atoms with van der Waals surface area (Å²) in [5.41, 5.74) is 6.58. The number of rotatable bonds is 48. The molecule has 2 aromatic rings. The van der Waals surface area contributed by atoms with Crippen molar-refractivity contribution in [3.8, 4) is 0 Å². The number of ether oxygens (including phenoxy) is 4. The first kappa shape index (κ1) is 90.1. The van der Waals surface area contributed by atoms with Crippen molar-refractivity contribution in [1.29, 1.82) is 0 Å². The van der Waals surface area contributed by atoms with Gasteiger partial charge in [-0.2, -0.15) is 0 Å². The van der Waals surface area contributed by atoms with Crippen LogP contribution in [0.1, 0.15) is 200 Å². The largest absolute Gasteiger partial charge is 0.508 e. The van der Waals surface area contributed by atoms with Crippen LogP contribution in [0.2, 0.25) is 0 Å². The van der Waals surface area contributed by atoms with Crippen LogP contribution in [0, 0.1) is 52.7 Å². The molecule has 0 radical (unpaired) electrons. The molecule has 596 valence electrons. The Morgan fingerprint density at radius 2 is 1.37 bits per heavy atom. The van der Waals surface area contributed by atoms with Gasteiger partial charge in [-0.25, -0.2) is 9.18 Å². The Labute approximate surface area is 636 Å². The van der Waals surface area contributed by atoms with Gasteiger partial charge < -0.3 is 50.4 Å². The van der Waals surface area contributed by atoms with E-state index in [4.69, 9.17) is 24.7 Å². The van der Waals surface area contributed by atoms with Gasteiger partial charge in [0.25, 0.3) is 0 Å². The molecule has 107 heavy (non-hydrogen) atoms. The molecular formula is C80H121FN8O17S. The number of hydrogen-bond donors (Lipinski definition) is 4. The molecule has 2 aromatic carbocycles. The zero-order valence-electron chi connectivity index (χ0n) is 66.0. The van der Waals surface area contributed by atoms with E-state index in [2.05, 4.69) is 16.0 Å². The van der Waals surface area contributed by atoms with E-state index in [0.29, 0.717) is 61.8 Å². The van der Waals surface area contributed by atoms with E-state index in [1.54, 1.807) is 50.2 Å². The lowest BCUT2D eigenvalue weighted by Crippen LogP contribution is -2.54. The fourth-order valence-corrected chi connectivity index (χ4v) is 16.2. The lowest BCUT2D eigenvalue weighted by atomic mass is 9.83. The number of carbonyl (C=O) groups excluding carboxylic acids is 13. The first-order chi connectivity index (χ1) is 50.5. The average Bonchev–Trinajstić information content (AvgIpc) is 1.63. The maximum absolute atomic E-state index is 15.1. The van der Waals surface area contributed by atoms with Gasteiger partial charge in [-0.05, 0) is 124 Å². The third-order valence-corrected chi connectivity index (χ3v) is 23.1. The highest BCUT2D eigenvalue weighted by Gasteiger charge is 2.49. The molecule has 13 atom stereocenters. The highest BCUT2D eigenvalue weighted by molar-refractivity contribution is 8.00. The summed E-state index contributed by atoms with van der Waals surface area (Å²) in [5.74, 6) is -6.77. The molecule has 2 saturated heterocycles. The van der Waals surface area contributed by atoms with E-state index in [1.165, 1.54) is 54.8 Å². The molecule has 5 N–H and O–H groups in total. The summed E-state index contributed by atoms with van der Waals surface area (Å²) in [6, 6.07) is 7.63. The van der Waals surface area contributed by atoms with Crippen LogP contribution in [0.5, 0.6) is 0 Å². The molecule has 3 fully saturated rings. The molecule has 8 amide bonds. The second-order valence-corrected chi connectivity index (χ2v) is 32.3. The number of nitrogens with one attached hydrogen (secondary N) is 3. The number of Topliss-reactive ketones (excluding diaryl/α,β-unsaturated/α-hetero) is 4. The minimum atomic E-state index is -1.07. The van der Waals surface area contributed by atoms with Crippen LogP contribution >= 0.6 is 11.8 Å². The highest BCUT2D eigenvalue weighted by atomic mass is 32.2. The van der Waals surface area contributed by atoms with Gasteiger partial charge in [0.05, 0.1) is 66.6 Å². The second kappa shape index (κ2) is 43.0. The number of likely N-dealkylation sites (N-methyl/N-ethyl adjacent to an activating group) is 2. The predicted octanol–water partition coefficient (Wildman–Crippen LogP) is 8.79. The molecule has 3 aliphatic rings. The molecule has 1 aliphatic carbocycles. The Morgan fingerprint density at radius 3 is 1.94 bits per heavy atom. The third kappa shape index (κ3) is 27.0. The van der Waals surface area contributed by atoms with Gasteiger partial charge in [0.1, 0.15) is 24.3 Å². The summed E-state index contributed by atoms with van der Waals surface area (Å²) in [6.07, 6.45) is 1.34. The smallest absolute Gasteiger partial charge is 0.429 e.